The maximum absolute atomic E-state index is 12.7. The highest BCUT2D eigenvalue weighted by Gasteiger charge is 2.25. The summed E-state index contributed by atoms with van der Waals surface area (Å²) in [5.74, 6) is -0.522. The molecule has 0 unspecified atom stereocenters. The van der Waals surface area contributed by atoms with E-state index < -0.39 is 15.9 Å². The lowest BCUT2D eigenvalue weighted by Gasteiger charge is -2.14. The van der Waals surface area contributed by atoms with Crippen LogP contribution in [0.4, 0.5) is 5.69 Å². The second-order valence-corrected chi connectivity index (χ2v) is 9.30. The molecule has 0 aromatic heterocycles. The number of aryl methyl sites for hydroxylation is 1. The molecule has 1 aliphatic heterocycles. The number of halogens is 2. The molecule has 1 atom stereocenters. The SMILES string of the molecule is CCc1ccc(NC(=O)c2cc(S(=O)(=O)NC[C@@H]3CCCO3)c(Cl)cc2Cl)cc1. The molecule has 0 bridgehead atoms. The van der Waals surface area contributed by atoms with Crippen LogP contribution >= 0.6 is 23.2 Å². The summed E-state index contributed by atoms with van der Waals surface area (Å²) >= 11 is 12.3. The summed E-state index contributed by atoms with van der Waals surface area (Å²) < 4.78 is 33.3. The quantitative estimate of drug-likeness (QED) is 0.651. The van der Waals surface area contributed by atoms with Crippen molar-refractivity contribution >= 4 is 44.8 Å². The summed E-state index contributed by atoms with van der Waals surface area (Å²) in [7, 11) is -3.93. The van der Waals surface area contributed by atoms with Crippen molar-refractivity contribution in [3.05, 3.63) is 57.6 Å². The van der Waals surface area contributed by atoms with Gasteiger partial charge in [0.25, 0.3) is 5.91 Å². The number of amides is 1. The Bertz CT molecular complexity index is 988. The number of hydrogen-bond donors (Lipinski definition) is 2. The second kappa shape index (κ2) is 9.45. The van der Waals surface area contributed by atoms with Crippen molar-refractivity contribution < 1.29 is 17.9 Å². The van der Waals surface area contributed by atoms with Crippen LogP contribution in [-0.4, -0.2) is 33.6 Å². The lowest BCUT2D eigenvalue weighted by molar-refractivity contribution is 0.102. The van der Waals surface area contributed by atoms with Gasteiger partial charge in [-0.1, -0.05) is 42.3 Å². The van der Waals surface area contributed by atoms with E-state index in [1.807, 2.05) is 19.1 Å². The highest BCUT2D eigenvalue weighted by Crippen LogP contribution is 2.29. The third kappa shape index (κ3) is 5.49. The van der Waals surface area contributed by atoms with Gasteiger partial charge in [0.05, 0.1) is 21.7 Å². The van der Waals surface area contributed by atoms with Gasteiger partial charge in [-0.2, -0.15) is 0 Å². The number of anilines is 1. The van der Waals surface area contributed by atoms with E-state index in [1.54, 1.807) is 12.1 Å². The van der Waals surface area contributed by atoms with Crippen LogP contribution in [-0.2, 0) is 21.2 Å². The number of nitrogens with one attached hydrogen (secondary N) is 2. The van der Waals surface area contributed by atoms with Crippen LogP contribution in [0.5, 0.6) is 0 Å². The number of carbonyl (C=O) groups excluding carboxylic acids is 1. The molecule has 2 N–H and O–H groups in total. The molecule has 1 heterocycles. The van der Waals surface area contributed by atoms with E-state index in [1.165, 1.54) is 12.1 Å². The molecule has 1 fully saturated rings. The van der Waals surface area contributed by atoms with Crippen LogP contribution in [0.1, 0.15) is 35.7 Å². The van der Waals surface area contributed by atoms with Crippen LogP contribution in [0.25, 0.3) is 0 Å². The molecule has 0 aliphatic carbocycles. The van der Waals surface area contributed by atoms with Crippen LogP contribution in [0.15, 0.2) is 41.3 Å². The Kier molecular flexibility index (Phi) is 7.19. The molecule has 0 spiro atoms. The maximum Gasteiger partial charge on any atom is 0.257 e. The second-order valence-electron chi connectivity index (χ2n) is 6.75. The van der Waals surface area contributed by atoms with E-state index in [4.69, 9.17) is 27.9 Å². The monoisotopic (exact) mass is 456 g/mol. The zero-order valence-electron chi connectivity index (χ0n) is 15.9. The predicted molar refractivity (Wildman–Crippen MR) is 114 cm³/mol. The van der Waals surface area contributed by atoms with Crippen molar-refractivity contribution in [3.8, 4) is 0 Å². The molecule has 2 aromatic carbocycles. The zero-order valence-corrected chi connectivity index (χ0v) is 18.2. The number of sulfonamides is 1. The highest BCUT2D eigenvalue weighted by molar-refractivity contribution is 7.89. The number of ether oxygens (including phenoxy) is 1. The first-order chi connectivity index (χ1) is 13.8. The third-order valence-corrected chi connectivity index (χ3v) is 6.90. The summed E-state index contributed by atoms with van der Waals surface area (Å²) in [6.07, 6.45) is 2.42. The van der Waals surface area contributed by atoms with Gasteiger partial charge in [0, 0.05) is 18.8 Å². The molecule has 3 rings (SSSR count). The van der Waals surface area contributed by atoms with E-state index in [0.29, 0.717) is 12.3 Å². The van der Waals surface area contributed by atoms with Crippen LogP contribution < -0.4 is 10.0 Å². The fourth-order valence-corrected chi connectivity index (χ4v) is 4.94. The van der Waals surface area contributed by atoms with E-state index in [2.05, 4.69) is 10.0 Å². The average molecular weight is 457 g/mol. The summed E-state index contributed by atoms with van der Waals surface area (Å²) in [4.78, 5) is 12.5. The molecular weight excluding hydrogens is 435 g/mol. The highest BCUT2D eigenvalue weighted by atomic mass is 35.5. The van der Waals surface area contributed by atoms with Crippen molar-refractivity contribution in [1.82, 2.24) is 4.72 Å². The number of rotatable bonds is 7. The molecule has 0 saturated carbocycles. The minimum atomic E-state index is -3.93. The topological polar surface area (TPSA) is 84.5 Å². The fourth-order valence-electron chi connectivity index (χ4n) is 3.02. The van der Waals surface area contributed by atoms with Crippen molar-refractivity contribution in [2.24, 2.45) is 0 Å². The van der Waals surface area contributed by atoms with Gasteiger partial charge in [0.15, 0.2) is 0 Å². The summed E-state index contributed by atoms with van der Waals surface area (Å²) in [6.45, 7) is 2.81. The summed E-state index contributed by atoms with van der Waals surface area (Å²) in [5.41, 5.74) is 1.74. The summed E-state index contributed by atoms with van der Waals surface area (Å²) in [6, 6.07) is 9.83. The molecule has 9 heteroatoms. The van der Waals surface area contributed by atoms with Crippen molar-refractivity contribution in [1.29, 1.82) is 0 Å². The average Bonchev–Trinajstić information content (AvgIpc) is 3.20. The number of carbonyl (C=O) groups is 1. The van der Waals surface area contributed by atoms with Crippen molar-refractivity contribution in [2.45, 2.75) is 37.2 Å². The first kappa shape index (κ1) is 22.1. The lowest BCUT2D eigenvalue weighted by Crippen LogP contribution is -2.32. The van der Waals surface area contributed by atoms with Gasteiger partial charge in [-0.3, -0.25) is 4.79 Å². The molecule has 1 saturated heterocycles. The predicted octanol–water partition coefficient (Wildman–Crippen LogP) is 4.27. The molecule has 29 heavy (non-hydrogen) atoms. The van der Waals surface area contributed by atoms with E-state index in [0.717, 1.165) is 24.8 Å². The fraction of sp³-hybridized carbons (Fsp3) is 0.350. The van der Waals surface area contributed by atoms with Gasteiger partial charge < -0.3 is 10.1 Å². The first-order valence-electron chi connectivity index (χ1n) is 9.30. The molecular formula is C20H22Cl2N2O4S. The van der Waals surface area contributed by atoms with E-state index in [9.17, 15) is 13.2 Å². The largest absolute Gasteiger partial charge is 0.377 e. The summed E-state index contributed by atoms with van der Waals surface area (Å²) in [5, 5.41) is 2.73. The van der Waals surface area contributed by atoms with Crippen LogP contribution in [0.3, 0.4) is 0 Å². The zero-order chi connectivity index (χ0) is 21.0. The van der Waals surface area contributed by atoms with Gasteiger partial charge in [-0.05, 0) is 49.1 Å². The Labute approximate surface area is 180 Å². The molecule has 6 nitrogen and oxygen atoms in total. The standard InChI is InChI=1S/C20H22Cl2N2O4S/c1-2-13-5-7-14(8-6-13)24-20(25)16-10-19(18(22)11-17(16)21)29(26,27)23-12-15-4-3-9-28-15/h5-8,10-11,15,23H,2-4,9,12H2,1H3,(H,24,25)/t15-/m0/s1. The Hall–Kier alpha value is -1.64. The van der Waals surface area contributed by atoms with Gasteiger partial charge >= 0.3 is 0 Å². The van der Waals surface area contributed by atoms with Crippen LogP contribution in [0, 0.1) is 0 Å². The minimum absolute atomic E-state index is 0.0214. The first-order valence-corrected chi connectivity index (χ1v) is 11.5. The number of hydrogen-bond acceptors (Lipinski definition) is 4. The molecule has 2 aromatic rings. The molecule has 1 aliphatic rings. The van der Waals surface area contributed by atoms with E-state index in [-0.39, 0.29) is 33.2 Å². The Morgan fingerprint density at radius 1 is 1.17 bits per heavy atom. The van der Waals surface area contributed by atoms with Gasteiger partial charge in [-0.15, -0.1) is 0 Å². The van der Waals surface area contributed by atoms with Gasteiger partial charge in [0.1, 0.15) is 4.90 Å². The Morgan fingerprint density at radius 3 is 2.52 bits per heavy atom. The Balaban J connectivity index is 1.80. The smallest absolute Gasteiger partial charge is 0.257 e. The number of benzene rings is 2. The lowest BCUT2D eigenvalue weighted by atomic mass is 10.1. The Morgan fingerprint density at radius 2 is 1.90 bits per heavy atom. The van der Waals surface area contributed by atoms with Crippen molar-refractivity contribution in [3.63, 3.8) is 0 Å². The molecule has 156 valence electrons. The third-order valence-electron chi connectivity index (χ3n) is 4.70. The molecule has 1 amide bonds. The van der Waals surface area contributed by atoms with Crippen LogP contribution in [0.2, 0.25) is 10.0 Å². The normalized spacial score (nSPS) is 16.7. The van der Waals surface area contributed by atoms with Gasteiger partial charge in [0.2, 0.25) is 10.0 Å². The van der Waals surface area contributed by atoms with E-state index >= 15 is 0 Å². The maximum atomic E-state index is 12.7. The van der Waals surface area contributed by atoms with Crippen molar-refractivity contribution in [2.75, 3.05) is 18.5 Å². The van der Waals surface area contributed by atoms with Gasteiger partial charge in [-0.25, -0.2) is 13.1 Å². The minimum Gasteiger partial charge on any atom is -0.377 e. The molecule has 0 radical (unpaired) electrons.